The zero-order valence-corrected chi connectivity index (χ0v) is 18.0. The topological polar surface area (TPSA) is 42.9 Å². The van der Waals surface area contributed by atoms with E-state index in [1.165, 1.54) is 18.5 Å². The molecule has 0 aromatic heterocycles. The summed E-state index contributed by atoms with van der Waals surface area (Å²) >= 11 is 0. The first-order valence-electron chi connectivity index (χ1n) is 9.30. The number of aliphatic imine (C=N–C) groups is 1. The van der Waals surface area contributed by atoms with E-state index in [1.807, 2.05) is 7.05 Å². The highest BCUT2D eigenvalue weighted by Crippen LogP contribution is 2.15. The van der Waals surface area contributed by atoms with Gasteiger partial charge in [-0.2, -0.15) is 0 Å². The number of rotatable bonds is 8. The minimum Gasteiger partial charge on any atom is -0.369 e. The van der Waals surface area contributed by atoms with Gasteiger partial charge in [0.25, 0.3) is 0 Å². The van der Waals surface area contributed by atoms with Crippen LogP contribution in [0.25, 0.3) is 0 Å². The van der Waals surface area contributed by atoms with Crippen LogP contribution in [0.3, 0.4) is 0 Å². The predicted octanol–water partition coefficient (Wildman–Crippen LogP) is 2.78. The lowest BCUT2D eigenvalue weighted by atomic mass is 10.2. The van der Waals surface area contributed by atoms with Crippen molar-refractivity contribution in [3.63, 3.8) is 0 Å². The predicted molar refractivity (Wildman–Crippen MR) is 119 cm³/mol. The van der Waals surface area contributed by atoms with Crippen molar-refractivity contribution in [2.24, 2.45) is 4.99 Å². The molecule has 1 aromatic rings. The Hall–Kier alpha value is -1.02. The summed E-state index contributed by atoms with van der Waals surface area (Å²) in [5.41, 5.74) is 1.35. The maximum atomic E-state index is 4.26. The Morgan fingerprint density at radius 2 is 1.64 bits per heavy atom. The van der Waals surface area contributed by atoms with E-state index in [0.29, 0.717) is 0 Å². The van der Waals surface area contributed by atoms with Crippen molar-refractivity contribution in [1.82, 2.24) is 15.5 Å². The molecule has 1 fully saturated rings. The van der Waals surface area contributed by atoms with Gasteiger partial charge in [0.2, 0.25) is 0 Å². The normalized spacial score (nSPS) is 15.6. The maximum absolute atomic E-state index is 4.26. The van der Waals surface area contributed by atoms with Gasteiger partial charge in [-0.25, -0.2) is 0 Å². The number of unbranched alkanes of at least 4 members (excludes halogenated alkanes) is 1. The number of halogens is 1. The fourth-order valence-corrected chi connectivity index (χ4v) is 2.98. The van der Waals surface area contributed by atoms with Gasteiger partial charge >= 0.3 is 0 Å². The van der Waals surface area contributed by atoms with Crippen molar-refractivity contribution in [3.8, 4) is 0 Å². The van der Waals surface area contributed by atoms with E-state index in [4.69, 9.17) is 0 Å². The molecule has 2 rings (SSSR count). The average molecular weight is 459 g/mol. The molecule has 0 unspecified atom stereocenters. The van der Waals surface area contributed by atoms with Crippen LogP contribution in [-0.2, 0) is 0 Å². The van der Waals surface area contributed by atoms with Crippen LogP contribution >= 0.6 is 24.0 Å². The van der Waals surface area contributed by atoms with Gasteiger partial charge in [0, 0.05) is 52.0 Å². The standard InChI is InChI=1S/C19H33N5.HI/c1-3-4-11-21-19(20-2)22-12-8-13-23-14-16-24(17-15-23)18-9-6-5-7-10-18;/h5-7,9-10H,3-4,8,11-17H2,1-2H3,(H2,20,21,22);1H. The van der Waals surface area contributed by atoms with Gasteiger partial charge in [-0.15, -0.1) is 24.0 Å². The lowest BCUT2D eigenvalue weighted by molar-refractivity contribution is 0.255. The van der Waals surface area contributed by atoms with Gasteiger partial charge in [0.15, 0.2) is 5.96 Å². The number of benzene rings is 1. The maximum Gasteiger partial charge on any atom is 0.190 e. The molecule has 2 N–H and O–H groups in total. The Labute approximate surface area is 170 Å². The summed E-state index contributed by atoms with van der Waals surface area (Å²) in [5, 5.41) is 6.76. The second-order valence-corrected chi connectivity index (χ2v) is 6.30. The summed E-state index contributed by atoms with van der Waals surface area (Å²) in [6.07, 6.45) is 3.55. The second-order valence-electron chi connectivity index (χ2n) is 6.30. The highest BCUT2D eigenvalue weighted by atomic mass is 127. The number of nitrogens with zero attached hydrogens (tertiary/aromatic N) is 3. The quantitative estimate of drug-likeness (QED) is 0.272. The summed E-state index contributed by atoms with van der Waals surface area (Å²) in [4.78, 5) is 9.31. The van der Waals surface area contributed by atoms with Gasteiger partial charge in [-0.1, -0.05) is 31.5 Å². The molecule has 0 amide bonds. The number of piperazine rings is 1. The van der Waals surface area contributed by atoms with Gasteiger partial charge in [-0.3, -0.25) is 9.89 Å². The number of para-hydroxylation sites is 1. The van der Waals surface area contributed by atoms with E-state index in [0.717, 1.165) is 58.2 Å². The number of hydrogen-bond acceptors (Lipinski definition) is 3. The Kier molecular flexibility index (Phi) is 11.6. The number of nitrogens with one attached hydrogen (secondary N) is 2. The molecule has 0 spiro atoms. The van der Waals surface area contributed by atoms with Gasteiger partial charge in [-0.05, 0) is 31.5 Å². The molecule has 1 saturated heterocycles. The Balaban J connectivity index is 0.00000312. The van der Waals surface area contributed by atoms with Crippen LogP contribution in [0.15, 0.2) is 35.3 Å². The molecule has 1 aliphatic rings. The Morgan fingerprint density at radius 1 is 1.00 bits per heavy atom. The number of anilines is 1. The van der Waals surface area contributed by atoms with E-state index in [9.17, 15) is 0 Å². The van der Waals surface area contributed by atoms with Crippen LogP contribution in [-0.4, -0.2) is 63.7 Å². The highest BCUT2D eigenvalue weighted by molar-refractivity contribution is 14.0. The third kappa shape index (κ3) is 8.27. The van der Waals surface area contributed by atoms with E-state index in [-0.39, 0.29) is 24.0 Å². The fraction of sp³-hybridized carbons (Fsp3) is 0.632. The van der Waals surface area contributed by atoms with Crippen LogP contribution in [0.1, 0.15) is 26.2 Å². The van der Waals surface area contributed by atoms with Gasteiger partial charge in [0.05, 0.1) is 0 Å². The molecule has 25 heavy (non-hydrogen) atoms. The lowest BCUT2D eigenvalue weighted by Crippen LogP contribution is -2.47. The van der Waals surface area contributed by atoms with Crippen molar-refractivity contribution < 1.29 is 0 Å². The van der Waals surface area contributed by atoms with Crippen molar-refractivity contribution in [2.75, 3.05) is 57.8 Å². The SMILES string of the molecule is CCCCNC(=NC)NCCCN1CCN(c2ccccc2)CC1.I. The van der Waals surface area contributed by atoms with Crippen LogP contribution in [0, 0.1) is 0 Å². The van der Waals surface area contributed by atoms with E-state index in [2.05, 4.69) is 62.7 Å². The summed E-state index contributed by atoms with van der Waals surface area (Å²) < 4.78 is 0. The first kappa shape index (κ1) is 22.0. The van der Waals surface area contributed by atoms with Crippen molar-refractivity contribution in [3.05, 3.63) is 30.3 Å². The van der Waals surface area contributed by atoms with E-state index < -0.39 is 0 Å². The molecule has 142 valence electrons. The number of guanidine groups is 1. The summed E-state index contributed by atoms with van der Waals surface area (Å²) in [7, 11) is 1.84. The molecule has 5 nitrogen and oxygen atoms in total. The summed E-state index contributed by atoms with van der Waals surface area (Å²) in [5.74, 6) is 0.928. The van der Waals surface area contributed by atoms with Gasteiger partial charge < -0.3 is 15.5 Å². The molecular weight excluding hydrogens is 425 g/mol. The molecule has 1 aromatic carbocycles. The first-order chi connectivity index (χ1) is 11.8. The second kappa shape index (κ2) is 13.2. The monoisotopic (exact) mass is 459 g/mol. The largest absolute Gasteiger partial charge is 0.369 e. The minimum absolute atomic E-state index is 0. The van der Waals surface area contributed by atoms with Crippen LogP contribution < -0.4 is 15.5 Å². The van der Waals surface area contributed by atoms with Crippen molar-refractivity contribution in [1.29, 1.82) is 0 Å². The molecule has 1 aliphatic heterocycles. The minimum atomic E-state index is 0. The number of hydrogen-bond donors (Lipinski definition) is 2. The highest BCUT2D eigenvalue weighted by Gasteiger charge is 2.16. The molecule has 0 bridgehead atoms. The molecular formula is C19H34IN5. The fourth-order valence-electron chi connectivity index (χ4n) is 2.98. The van der Waals surface area contributed by atoms with Crippen LogP contribution in [0.5, 0.6) is 0 Å². The van der Waals surface area contributed by atoms with Gasteiger partial charge in [0.1, 0.15) is 0 Å². The Morgan fingerprint density at radius 3 is 2.24 bits per heavy atom. The zero-order chi connectivity index (χ0) is 17.0. The van der Waals surface area contributed by atoms with Crippen molar-refractivity contribution in [2.45, 2.75) is 26.2 Å². The average Bonchev–Trinajstić information content (AvgIpc) is 2.65. The van der Waals surface area contributed by atoms with E-state index in [1.54, 1.807) is 0 Å². The van der Waals surface area contributed by atoms with Crippen LogP contribution in [0.2, 0.25) is 0 Å². The van der Waals surface area contributed by atoms with Crippen molar-refractivity contribution >= 4 is 35.6 Å². The summed E-state index contributed by atoms with van der Waals surface area (Å²) in [6, 6.07) is 10.7. The van der Waals surface area contributed by atoms with Crippen LogP contribution in [0.4, 0.5) is 5.69 Å². The smallest absolute Gasteiger partial charge is 0.190 e. The lowest BCUT2D eigenvalue weighted by Gasteiger charge is -2.36. The van der Waals surface area contributed by atoms with E-state index >= 15 is 0 Å². The molecule has 0 saturated carbocycles. The molecule has 6 heteroatoms. The third-order valence-corrected chi connectivity index (χ3v) is 4.48. The first-order valence-corrected chi connectivity index (χ1v) is 9.30. The molecule has 1 heterocycles. The summed E-state index contributed by atoms with van der Waals surface area (Å²) in [6.45, 7) is 9.88. The Bertz CT molecular complexity index is 472. The zero-order valence-electron chi connectivity index (χ0n) is 15.7. The molecule has 0 aliphatic carbocycles. The molecule has 0 atom stereocenters. The molecule has 0 radical (unpaired) electrons. The third-order valence-electron chi connectivity index (χ3n) is 4.48.